The highest BCUT2D eigenvalue weighted by molar-refractivity contribution is 6.34. The molecule has 7 heteroatoms. The van der Waals surface area contributed by atoms with Gasteiger partial charge in [-0.15, -0.1) is 0 Å². The Hall–Kier alpha value is -2.05. The van der Waals surface area contributed by atoms with Gasteiger partial charge < -0.3 is 10.6 Å². The molecule has 1 aliphatic rings. The van der Waals surface area contributed by atoms with Crippen LogP contribution in [-0.2, 0) is 0 Å². The number of carbonyl (C=O) groups excluding carboxylic acids is 1. The minimum absolute atomic E-state index is 0.0382. The Bertz CT molecular complexity index is 800. The predicted octanol–water partition coefficient (Wildman–Crippen LogP) is 3.63. The van der Waals surface area contributed by atoms with E-state index < -0.39 is 23.4 Å². The van der Waals surface area contributed by atoms with Crippen molar-refractivity contribution < 1.29 is 18.0 Å². The number of carbonyl (C=O) groups is 1. The van der Waals surface area contributed by atoms with Crippen molar-refractivity contribution in [3.8, 4) is 0 Å². The molecular formula is C18H16ClF3N2O. The largest absolute Gasteiger partial charge is 0.347 e. The van der Waals surface area contributed by atoms with Gasteiger partial charge in [0.25, 0.3) is 5.91 Å². The van der Waals surface area contributed by atoms with Gasteiger partial charge in [-0.05, 0) is 42.8 Å². The maximum atomic E-state index is 13.5. The Morgan fingerprint density at radius 2 is 1.92 bits per heavy atom. The molecule has 1 heterocycles. The van der Waals surface area contributed by atoms with Crippen molar-refractivity contribution in [3.63, 3.8) is 0 Å². The Labute approximate surface area is 148 Å². The highest BCUT2D eigenvalue weighted by Gasteiger charge is 2.29. The first-order valence-electron chi connectivity index (χ1n) is 7.88. The summed E-state index contributed by atoms with van der Waals surface area (Å²) in [6, 6.07) is 7.40. The molecule has 25 heavy (non-hydrogen) atoms. The third kappa shape index (κ3) is 3.80. The highest BCUT2D eigenvalue weighted by Crippen LogP contribution is 2.28. The number of amides is 1. The monoisotopic (exact) mass is 368 g/mol. The van der Waals surface area contributed by atoms with Crippen LogP contribution in [-0.4, -0.2) is 25.0 Å². The van der Waals surface area contributed by atoms with Gasteiger partial charge in [-0.25, -0.2) is 13.2 Å². The maximum absolute atomic E-state index is 13.5. The Balaban J connectivity index is 1.82. The molecule has 0 radical (unpaired) electrons. The molecule has 2 atom stereocenters. The van der Waals surface area contributed by atoms with Crippen LogP contribution in [0.5, 0.6) is 0 Å². The lowest BCUT2D eigenvalue weighted by Gasteiger charge is -2.33. The lowest BCUT2D eigenvalue weighted by Crippen LogP contribution is -2.50. The van der Waals surface area contributed by atoms with E-state index in [0.29, 0.717) is 25.1 Å². The fourth-order valence-corrected chi connectivity index (χ4v) is 3.29. The molecule has 0 aromatic heterocycles. The van der Waals surface area contributed by atoms with Crippen LogP contribution >= 0.6 is 11.6 Å². The Kier molecular flexibility index (Phi) is 5.30. The molecule has 3 nitrogen and oxygen atoms in total. The molecule has 3 rings (SSSR count). The van der Waals surface area contributed by atoms with Gasteiger partial charge in [-0.3, -0.25) is 4.79 Å². The second-order valence-electron chi connectivity index (χ2n) is 5.95. The van der Waals surface area contributed by atoms with E-state index in [1.165, 1.54) is 24.3 Å². The van der Waals surface area contributed by atoms with Crippen molar-refractivity contribution >= 4 is 17.5 Å². The number of rotatable bonds is 3. The molecule has 0 aliphatic carbocycles. The quantitative estimate of drug-likeness (QED) is 0.868. The van der Waals surface area contributed by atoms with Crippen LogP contribution in [0, 0.1) is 17.5 Å². The molecule has 1 aliphatic heterocycles. The second kappa shape index (κ2) is 7.45. The van der Waals surface area contributed by atoms with Crippen LogP contribution in [0.1, 0.15) is 28.3 Å². The van der Waals surface area contributed by atoms with Gasteiger partial charge in [0.05, 0.1) is 10.6 Å². The minimum atomic E-state index is -0.922. The van der Waals surface area contributed by atoms with Crippen molar-refractivity contribution in [2.75, 3.05) is 13.1 Å². The zero-order valence-electron chi connectivity index (χ0n) is 13.2. The number of hydrogen-bond acceptors (Lipinski definition) is 2. The van der Waals surface area contributed by atoms with E-state index in [1.54, 1.807) is 0 Å². The minimum Gasteiger partial charge on any atom is -0.347 e. The first-order valence-corrected chi connectivity index (χ1v) is 8.25. The predicted molar refractivity (Wildman–Crippen MR) is 89.2 cm³/mol. The summed E-state index contributed by atoms with van der Waals surface area (Å²) in [6.45, 7) is 1.15. The van der Waals surface area contributed by atoms with E-state index in [0.717, 1.165) is 12.1 Å². The molecule has 1 saturated heterocycles. The highest BCUT2D eigenvalue weighted by atomic mass is 35.5. The number of benzene rings is 2. The lowest BCUT2D eigenvalue weighted by molar-refractivity contribution is 0.0924. The summed E-state index contributed by atoms with van der Waals surface area (Å²) < 4.78 is 40.3. The lowest BCUT2D eigenvalue weighted by atomic mass is 9.85. The third-order valence-corrected chi connectivity index (χ3v) is 4.75. The van der Waals surface area contributed by atoms with Gasteiger partial charge >= 0.3 is 0 Å². The molecule has 132 valence electrons. The standard InChI is InChI=1S/C18H16ClF3N2O/c19-17-12(2-1-3-14(17)21)18(25)24-16-9-23-7-6-11(16)10-4-5-13(20)15(22)8-10/h1-5,8,11,16,23H,6-7,9H2,(H,24,25). The van der Waals surface area contributed by atoms with Crippen molar-refractivity contribution in [3.05, 3.63) is 70.0 Å². The average Bonchev–Trinajstić information content (AvgIpc) is 2.60. The summed E-state index contributed by atoms with van der Waals surface area (Å²) in [5.41, 5.74) is 0.646. The summed E-state index contributed by atoms with van der Waals surface area (Å²) in [5.74, 6) is -3.20. The third-order valence-electron chi connectivity index (χ3n) is 4.37. The van der Waals surface area contributed by atoms with Gasteiger partial charge in [-0.1, -0.05) is 23.7 Å². The average molecular weight is 369 g/mol. The number of hydrogen-bond donors (Lipinski definition) is 2. The molecule has 0 bridgehead atoms. The molecule has 2 aromatic carbocycles. The molecule has 1 amide bonds. The molecular weight excluding hydrogens is 353 g/mol. The number of nitrogens with one attached hydrogen (secondary N) is 2. The second-order valence-corrected chi connectivity index (χ2v) is 6.33. The molecule has 0 spiro atoms. The number of piperidine rings is 1. The maximum Gasteiger partial charge on any atom is 0.253 e. The fraction of sp³-hybridized carbons (Fsp3) is 0.278. The smallest absolute Gasteiger partial charge is 0.253 e. The zero-order chi connectivity index (χ0) is 18.0. The van der Waals surface area contributed by atoms with Crippen LogP contribution in [0.15, 0.2) is 36.4 Å². The SMILES string of the molecule is O=C(NC1CNCCC1c1ccc(F)c(F)c1)c1cccc(F)c1Cl. The fourth-order valence-electron chi connectivity index (χ4n) is 3.08. The van der Waals surface area contributed by atoms with E-state index in [1.807, 2.05) is 0 Å². The Morgan fingerprint density at radius 3 is 2.68 bits per heavy atom. The van der Waals surface area contributed by atoms with Crippen LogP contribution in [0.25, 0.3) is 0 Å². The molecule has 2 aromatic rings. The van der Waals surface area contributed by atoms with Gasteiger partial charge in [0.2, 0.25) is 0 Å². The van der Waals surface area contributed by atoms with Crippen molar-refractivity contribution in [1.82, 2.24) is 10.6 Å². The van der Waals surface area contributed by atoms with Gasteiger partial charge in [0.1, 0.15) is 5.82 Å². The van der Waals surface area contributed by atoms with Gasteiger partial charge in [0.15, 0.2) is 11.6 Å². The molecule has 1 fully saturated rings. The van der Waals surface area contributed by atoms with Gasteiger partial charge in [-0.2, -0.15) is 0 Å². The molecule has 2 unspecified atom stereocenters. The van der Waals surface area contributed by atoms with E-state index in [9.17, 15) is 18.0 Å². The van der Waals surface area contributed by atoms with Crippen LogP contribution in [0.4, 0.5) is 13.2 Å². The topological polar surface area (TPSA) is 41.1 Å². The molecule has 0 saturated carbocycles. The van der Waals surface area contributed by atoms with Gasteiger partial charge in [0, 0.05) is 18.5 Å². The Morgan fingerprint density at radius 1 is 1.12 bits per heavy atom. The summed E-state index contributed by atoms with van der Waals surface area (Å²) >= 11 is 5.85. The van der Waals surface area contributed by atoms with Crippen molar-refractivity contribution in [2.45, 2.75) is 18.4 Å². The van der Waals surface area contributed by atoms with E-state index in [2.05, 4.69) is 10.6 Å². The van der Waals surface area contributed by atoms with Crippen molar-refractivity contribution in [1.29, 1.82) is 0 Å². The number of halogens is 4. The summed E-state index contributed by atoms with van der Waals surface area (Å²) in [4.78, 5) is 12.5. The van der Waals surface area contributed by atoms with E-state index in [4.69, 9.17) is 11.6 Å². The van der Waals surface area contributed by atoms with E-state index in [-0.39, 0.29) is 22.5 Å². The normalized spacial score (nSPS) is 20.3. The van der Waals surface area contributed by atoms with Crippen LogP contribution in [0.3, 0.4) is 0 Å². The van der Waals surface area contributed by atoms with Crippen LogP contribution < -0.4 is 10.6 Å². The van der Waals surface area contributed by atoms with E-state index >= 15 is 0 Å². The molecule has 2 N–H and O–H groups in total. The first kappa shape index (κ1) is 17.8. The zero-order valence-corrected chi connectivity index (χ0v) is 13.9. The van der Waals surface area contributed by atoms with Crippen LogP contribution in [0.2, 0.25) is 5.02 Å². The first-order chi connectivity index (χ1) is 12.0. The summed E-state index contributed by atoms with van der Waals surface area (Å²) in [7, 11) is 0. The van der Waals surface area contributed by atoms with Crippen molar-refractivity contribution in [2.24, 2.45) is 0 Å². The summed E-state index contributed by atoms with van der Waals surface area (Å²) in [5, 5.41) is 5.73. The summed E-state index contributed by atoms with van der Waals surface area (Å²) in [6.07, 6.45) is 0.646.